The van der Waals surface area contributed by atoms with Crippen molar-refractivity contribution < 1.29 is 18.1 Å². The van der Waals surface area contributed by atoms with E-state index in [-0.39, 0.29) is 22.7 Å². The zero-order valence-corrected chi connectivity index (χ0v) is 20.1. The summed E-state index contributed by atoms with van der Waals surface area (Å²) in [7, 11) is -3.48. The SMILES string of the molecule is CC1CCN(c2ccc(C(=O)NCc3ccc(S(=O)(=O)N4CCCC4)cc3)cc2[N+](=O)[O-])CC1. The topological polar surface area (TPSA) is 113 Å². The maximum absolute atomic E-state index is 12.7. The van der Waals surface area contributed by atoms with Crippen molar-refractivity contribution in [2.75, 3.05) is 31.1 Å². The quantitative estimate of drug-likeness (QED) is 0.473. The highest BCUT2D eigenvalue weighted by Crippen LogP contribution is 2.32. The van der Waals surface area contributed by atoms with Crippen molar-refractivity contribution in [1.82, 2.24) is 9.62 Å². The Morgan fingerprint density at radius 2 is 1.71 bits per heavy atom. The molecule has 2 fully saturated rings. The van der Waals surface area contributed by atoms with Gasteiger partial charge in [-0.3, -0.25) is 14.9 Å². The van der Waals surface area contributed by atoms with Crippen LogP contribution in [0.3, 0.4) is 0 Å². The van der Waals surface area contributed by atoms with E-state index in [0.29, 0.717) is 24.7 Å². The predicted molar refractivity (Wildman–Crippen MR) is 129 cm³/mol. The van der Waals surface area contributed by atoms with Gasteiger partial charge in [0.1, 0.15) is 5.69 Å². The molecular formula is C24H30N4O5S. The fraction of sp³-hybridized carbons (Fsp3) is 0.458. The lowest BCUT2D eigenvalue weighted by atomic mass is 9.98. The lowest BCUT2D eigenvalue weighted by Crippen LogP contribution is -2.33. The standard InChI is InChI=1S/C24H30N4O5S/c1-18-10-14-26(15-11-18)22-9-6-20(16-23(22)28(30)31)24(29)25-17-19-4-7-21(8-5-19)34(32,33)27-12-2-3-13-27/h4-9,16,18H,2-3,10-15,17H2,1H3,(H,25,29). The van der Waals surface area contributed by atoms with Gasteiger partial charge in [-0.2, -0.15) is 4.31 Å². The van der Waals surface area contributed by atoms with Crippen LogP contribution in [0.2, 0.25) is 0 Å². The van der Waals surface area contributed by atoms with Gasteiger partial charge in [-0.1, -0.05) is 19.1 Å². The van der Waals surface area contributed by atoms with Gasteiger partial charge in [0.15, 0.2) is 0 Å². The van der Waals surface area contributed by atoms with Crippen LogP contribution in [0.1, 0.15) is 48.5 Å². The Morgan fingerprint density at radius 1 is 1.06 bits per heavy atom. The number of nitro benzene ring substituents is 1. The van der Waals surface area contributed by atoms with E-state index in [2.05, 4.69) is 12.2 Å². The number of hydrogen-bond donors (Lipinski definition) is 1. The second-order valence-electron chi connectivity index (χ2n) is 9.07. The molecule has 0 unspecified atom stereocenters. The van der Waals surface area contributed by atoms with Gasteiger partial charge in [-0.15, -0.1) is 0 Å². The van der Waals surface area contributed by atoms with Gasteiger partial charge >= 0.3 is 0 Å². The molecular weight excluding hydrogens is 456 g/mol. The second-order valence-corrected chi connectivity index (χ2v) is 11.0. The van der Waals surface area contributed by atoms with Gasteiger partial charge in [0.2, 0.25) is 10.0 Å². The summed E-state index contributed by atoms with van der Waals surface area (Å²) in [5.74, 6) is 0.186. The summed E-state index contributed by atoms with van der Waals surface area (Å²) in [5, 5.41) is 14.5. The highest BCUT2D eigenvalue weighted by molar-refractivity contribution is 7.89. The molecule has 0 spiro atoms. The molecule has 0 aromatic heterocycles. The zero-order chi connectivity index (χ0) is 24.3. The number of anilines is 1. The van der Waals surface area contributed by atoms with E-state index in [4.69, 9.17) is 0 Å². The fourth-order valence-corrected chi connectivity index (χ4v) is 5.99. The number of nitrogens with zero attached hydrogens (tertiary/aromatic N) is 3. The maximum atomic E-state index is 12.7. The lowest BCUT2D eigenvalue weighted by Gasteiger charge is -2.31. The minimum atomic E-state index is -3.48. The van der Waals surface area contributed by atoms with Crippen molar-refractivity contribution in [3.05, 3.63) is 63.7 Å². The number of hydrogen-bond acceptors (Lipinski definition) is 6. The van der Waals surface area contributed by atoms with E-state index in [9.17, 15) is 23.3 Å². The van der Waals surface area contributed by atoms with Crippen molar-refractivity contribution in [2.45, 2.75) is 44.0 Å². The highest BCUT2D eigenvalue weighted by atomic mass is 32.2. The number of piperidine rings is 1. The van der Waals surface area contributed by atoms with Crippen LogP contribution < -0.4 is 10.2 Å². The summed E-state index contributed by atoms with van der Waals surface area (Å²) in [6.45, 7) is 4.97. The van der Waals surface area contributed by atoms with E-state index >= 15 is 0 Å². The summed E-state index contributed by atoms with van der Waals surface area (Å²) in [4.78, 5) is 26.2. The monoisotopic (exact) mass is 486 g/mol. The van der Waals surface area contributed by atoms with E-state index in [1.54, 1.807) is 36.4 Å². The van der Waals surface area contributed by atoms with Crippen LogP contribution in [0.25, 0.3) is 0 Å². The first-order valence-corrected chi connectivity index (χ1v) is 13.1. The summed E-state index contributed by atoms with van der Waals surface area (Å²) in [6, 6.07) is 11.0. The van der Waals surface area contributed by atoms with Gasteiger partial charge < -0.3 is 10.2 Å². The summed E-state index contributed by atoms with van der Waals surface area (Å²) in [5.41, 5.74) is 1.43. The van der Waals surface area contributed by atoms with Gasteiger partial charge in [-0.05, 0) is 61.4 Å². The molecule has 0 radical (unpaired) electrons. The predicted octanol–water partition coefficient (Wildman–Crippen LogP) is 3.55. The first-order valence-electron chi connectivity index (χ1n) is 11.7. The first kappa shape index (κ1) is 24.2. The molecule has 0 atom stereocenters. The Balaban J connectivity index is 1.41. The number of nitrogens with one attached hydrogen (secondary N) is 1. The molecule has 4 rings (SSSR count). The van der Waals surface area contributed by atoms with Crippen LogP contribution in [0.15, 0.2) is 47.4 Å². The van der Waals surface area contributed by atoms with Crippen LogP contribution in [0.5, 0.6) is 0 Å². The Bertz CT molecular complexity index is 1150. The molecule has 182 valence electrons. The largest absolute Gasteiger partial charge is 0.366 e. The molecule has 2 heterocycles. The van der Waals surface area contributed by atoms with Crippen molar-refractivity contribution >= 4 is 27.3 Å². The third-order valence-corrected chi connectivity index (χ3v) is 8.55. The van der Waals surface area contributed by atoms with Crippen LogP contribution in [0, 0.1) is 16.0 Å². The molecule has 0 bridgehead atoms. The maximum Gasteiger partial charge on any atom is 0.293 e. The third-order valence-electron chi connectivity index (χ3n) is 6.64. The normalized spacial score (nSPS) is 17.6. The van der Waals surface area contributed by atoms with Crippen molar-refractivity contribution in [3.63, 3.8) is 0 Å². The number of nitro groups is 1. The molecule has 0 saturated carbocycles. The first-order chi connectivity index (χ1) is 16.3. The van der Waals surface area contributed by atoms with Crippen molar-refractivity contribution in [3.8, 4) is 0 Å². The Kier molecular flexibility index (Phi) is 7.18. The molecule has 1 amide bonds. The average molecular weight is 487 g/mol. The lowest BCUT2D eigenvalue weighted by molar-refractivity contribution is -0.384. The number of sulfonamides is 1. The summed E-state index contributed by atoms with van der Waals surface area (Å²) >= 11 is 0. The van der Waals surface area contributed by atoms with E-state index in [1.165, 1.54) is 10.4 Å². The molecule has 9 nitrogen and oxygen atoms in total. The molecule has 2 aliphatic heterocycles. The Labute approximate surface area is 200 Å². The van der Waals surface area contributed by atoms with Crippen molar-refractivity contribution in [2.24, 2.45) is 5.92 Å². The van der Waals surface area contributed by atoms with Gasteiger partial charge in [0.05, 0.1) is 9.82 Å². The second kappa shape index (κ2) is 10.1. The van der Waals surface area contributed by atoms with E-state index < -0.39 is 20.9 Å². The summed E-state index contributed by atoms with van der Waals surface area (Å²) < 4.78 is 26.8. The minimum Gasteiger partial charge on any atom is -0.366 e. The van der Waals surface area contributed by atoms with E-state index in [0.717, 1.165) is 44.3 Å². The Morgan fingerprint density at radius 3 is 2.32 bits per heavy atom. The van der Waals surface area contributed by atoms with Gasteiger partial charge in [0.25, 0.3) is 11.6 Å². The molecule has 34 heavy (non-hydrogen) atoms. The van der Waals surface area contributed by atoms with Crippen LogP contribution in [0.4, 0.5) is 11.4 Å². The molecule has 2 aliphatic rings. The Hall–Kier alpha value is -2.98. The number of carbonyl (C=O) groups excluding carboxylic acids is 1. The molecule has 2 aromatic rings. The molecule has 2 aromatic carbocycles. The average Bonchev–Trinajstić information content (AvgIpc) is 3.39. The summed E-state index contributed by atoms with van der Waals surface area (Å²) in [6.07, 6.45) is 3.72. The molecule has 0 aliphatic carbocycles. The third kappa shape index (κ3) is 5.23. The van der Waals surface area contributed by atoms with Crippen LogP contribution in [-0.4, -0.2) is 49.7 Å². The van der Waals surface area contributed by atoms with Gasteiger partial charge in [0, 0.05) is 44.4 Å². The van der Waals surface area contributed by atoms with E-state index in [1.807, 2.05) is 4.90 Å². The number of benzene rings is 2. The van der Waals surface area contributed by atoms with Crippen LogP contribution in [-0.2, 0) is 16.6 Å². The molecule has 2 saturated heterocycles. The smallest absolute Gasteiger partial charge is 0.293 e. The fourth-order valence-electron chi connectivity index (χ4n) is 4.47. The number of rotatable bonds is 7. The molecule has 1 N–H and O–H groups in total. The van der Waals surface area contributed by atoms with Crippen molar-refractivity contribution in [1.29, 1.82) is 0 Å². The zero-order valence-electron chi connectivity index (χ0n) is 19.3. The number of amides is 1. The highest BCUT2D eigenvalue weighted by Gasteiger charge is 2.27. The molecule has 10 heteroatoms. The van der Waals surface area contributed by atoms with Crippen LogP contribution >= 0.6 is 0 Å². The minimum absolute atomic E-state index is 0.0707. The van der Waals surface area contributed by atoms with Gasteiger partial charge in [-0.25, -0.2) is 8.42 Å². The number of carbonyl (C=O) groups is 1.